The van der Waals surface area contributed by atoms with Crippen LogP contribution in [0, 0.1) is 0 Å². The van der Waals surface area contributed by atoms with E-state index in [0.717, 1.165) is 27.8 Å². The van der Waals surface area contributed by atoms with Crippen LogP contribution in [0.1, 0.15) is 12.8 Å². The highest BCUT2D eigenvalue weighted by Gasteiger charge is 2.29. The van der Waals surface area contributed by atoms with Crippen molar-refractivity contribution in [2.75, 3.05) is 11.9 Å². The first-order valence-electron chi connectivity index (χ1n) is 6.95. The normalized spacial score (nSPS) is 21.0. The number of rotatable bonds is 5. The molecule has 3 rings (SSSR count). The van der Waals surface area contributed by atoms with Crippen molar-refractivity contribution in [2.24, 2.45) is 5.73 Å². The minimum atomic E-state index is -0.399. The summed E-state index contributed by atoms with van der Waals surface area (Å²) in [5.41, 5.74) is 8.01. The van der Waals surface area contributed by atoms with E-state index in [1.165, 1.54) is 11.3 Å². The number of carbonyl (C=O) groups is 1. The molecule has 0 radical (unpaired) electrons. The summed E-state index contributed by atoms with van der Waals surface area (Å²) in [6.07, 6.45) is 1.16. The summed E-state index contributed by atoms with van der Waals surface area (Å²) in [4.78, 5) is 13.2. The number of amides is 1. The maximum Gasteiger partial charge on any atom is 0.253 e. The van der Waals surface area contributed by atoms with E-state index in [9.17, 15) is 4.79 Å². The molecule has 2 aromatic rings. The molecule has 116 valence electrons. The van der Waals surface area contributed by atoms with Gasteiger partial charge < -0.3 is 15.8 Å². The van der Waals surface area contributed by atoms with Crippen LogP contribution >= 0.6 is 23.1 Å². The van der Waals surface area contributed by atoms with E-state index in [1.807, 2.05) is 24.3 Å². The second kappa shape index (κ2) is 7.19. The van der Waals surface area contributed by atoms with Crippen LogP contribution in [0.5, 0.6) is 0 Å². The van der Waals surface area contributed by atoms with Gasteiger partial charge in [0.2, 0.25) is 0 Å². The zero-order valence-corrected chi connectivity index (χ0v) is 13.4. The van der Waals surface area contributed by atoms with Gasteiger partial charge in [0.15, 0.2) is 4.34 Å². The van der Waals surface area contributed by atoms with Gasteiger partial charge in [0.05, 0.1) is 6.10 Å². The van der Waals surface area contributed by atoms with Crippen molar-refractivity contribution in [1.29, 1.82) is 0 Å². The molecule has 6 nitrogen and oxygen atoms in total. The van der Waals surface area contributed by atoms with Crippen molar-refractivity contribution in [3.05, 3.63) is 29.8 Å². The fourth-order valence-corrected chi connectivity index (χ4v) is 3.66. The molecule has 22 heavy (non-hydrogen) atoms. The fourth-order valence-electron chi connectivity index (χ4n) is 2.21. The first-order chi connectivity index (χ1) is 10.7. The molecule has 0 spiro atoms. The third kappa shape index (κ3) is 3.83. The van der Waals surface area contributed by atoms with Gasteiger partial charge in [0, 0.05) is 17.1 Å². The first kappa shape index (κ1) is 15.4. The third-order valence-corrected chi connectivity index (χ3v) is 5.12. The van der Waals surface area contributed by atoms with Crippen LogP contribution in [0.15, 0.2) is 39.0 Å². The summed E-state index contributed by atoms with van der Waals surface area (Å²) in [6.45, 7) is 0.460. The number of nitrogens with two attached hydrogens (primary N) is 1. The van der Waals surface area contributed by atoms with Gasteiger partial charge in [-0.05, 0) is 37.1 Å². The van der Waals surface area contributed by atoms with Crippen molar-refractivity contribution in [3.8, 4) is 0 Å². The molecule has 2 heterocycles. The van der Waals surface area contributed by atoms with Crippen LogP contribution in [-0.2, 0) is 9.53 Å². The van der Waals surface area contributed by atoms with Gasteiger partial charge in [-0.2, -0.15) is 0 Å². The van der Waals surface area contributed by atoms with Crippen molar-refractivity contribution >= 4 is 34.7 Å². The molecule has 2 atom stereocenters. The SMILES string of the molecule is NC[C@H]1CC[C@@H](C(=O)Nc2ccc(Sc3nncs3)cc2)O1. The molecule has 1 aromatic carbocycles. The zero-order valence-electron chi connectivity index (χ0n) is 11.8. The maximum absolute atomic E-state index is 12.1. The highest BCUT2D eigenvalue weighted by molar-refractivity contribution is 8.01. The Morgan fingerprint density at radius 3 is 2.86 bits per heavy atom. The van der Waals surface area contributed by atoms with E-state index in [-0.39, 0.29) is 12.0 Å². The predicted molar refractivity (Wildman–Crippen MR) is 86.1 cm³/mol. The van der Waals surface area contributed by atoms with Crippen LogP contribution in [-0.4, -0.2) is 34.9 Å². The van der Waals surface area contributed by atoms with Crippen LogP contribution < -0.4 is 11.1 Å². The Balaban J connectivity index is 1.55. The smallest absolute Gasteiger partial charge is 0.253 e. The van der Waals surface area contributed by atoms with Crippen molar-refractivity contribution in [1.82, 2.24) is 10.2 Å². The second-order valence-electron chi connectivity index (χ2n) is 4.88. The first-order valence-corrected chi connectivity index (χ1v) is 8.64. The second-order valence-corrected chi connectivity index (χ2v) is 7.03. The molecule has 1 saturated heterocycles. The average Bonchev–Trinajstić information content (AvgIpc) is 3.20. The Labute approximate surface area is 136 Å². The summed E-state index contributed by atoms with van der Waals surface area (Å²) in [5.74, 6) is -0.111. The van der Waals surface area contributed by atoms with E-state index in [2.05, 4.69) is 15.5 Å². The topological polar surface area (TPSA) is 90.1 Å². The van der Waals surface area contributed by atoms with Crippen molar-refractivity contribution in [3.63, 3.8) is 0 Å². The summed E-state index contributed by atoms with van der Waals surface area (Å²) in [5, 5.41) is 10.7. The Morgan fingerprint density at radius 2 is 2.23 bits per heavy atom. The number of anilines is 1. The van der Waals surface area contributed by atoms with Gasteiger partial charge in [-0.25, -0.2) is 0 Å². The summed E-state index contributed by atoms with van der Waals surface area (Å²) >= 11 is 3.04. The Morgan fingerprint density at radius 1 is 1.41 bits per heavy atom. The molecule has 0 bridgehead atoms. The number of nitrogens with zero attached hydrogens (tertiary/aromatic N) is 2. The number of aromatic nitrogens is 2. The lowest BCUT2D eigenvalue weighted by Crippen LogP contribution is -2.29. The van der Waals surface area contributed by atoms with Crippen LogP contribution in [0.2, 0.25) is 0 Å². The lowest BCUT2D eigenvalue weighted by molar-refractivity contribution is -0.126. The molecular weight excluding hydrogens is 320 g/mol. The Hall–Kier alpha value is -1.48. The molecule has 3 N–H and O–H groups in total. The van der Waals surface area contributed by atoms with Crippen molar-refractivity contribution < 1.29 is 9.53 Å². The monoisotopic (exact) mass is 336 g/mol. The molecule has 1 amide bonds. The number of ether oxygens (including phenoxy) is 1. The van der Waals surface area contributed by atoms with Gasteiger partial charge in [-0.1, -0.05) is 23.1 Å². The van der Waals surface area contributed by atoms with E-state index in [0.29, 0.717) is 6.54 Å². The fraction of sp³-hybridized carbons (Fsp3) is 0.357. The molecular formula is C14H16N4O2S2. The van der Waals surface area contributed by atoms with Gasteiger partial charge in [0.1, 0.15) is 11.6 Å². The largest absolute Gasteiger partial charge is 0.364 e. The number of hydrogen-bond acceptors (Lipinski definition) is 7. The van der Waals surface area contributed by atoms with Crippen molar-refractivity contribution in [2.45, 2.75) is 34.3 Å². The van der Waals surface area contributed by atoms with E-state index >= 15 is 0 Å². The lowest BCUT2D eigenvalue weighted by Gasteiger charge is -2.12. The molecule has 1 aliphatic heterocycles. The molecule has 1 fully saturated rings. The summed E-state index contributed by atoms with van der Waals surface area (Å²) in [7, 11) is 0. The Kier molecular flexibility index (Phi) is 5.04. The number of hydrogen-bond donors (Lipinski definition) is 2. The number of benzene rings is 1. The van der Waals surface area contributed by atoms with Crippen LogP contribution in [0.3, 0.4) is 0 Å². The zero-order chi connectivity index (χ0) is 15.4. The van der Waals surface area contributed by atoms with Gasteiger partial charge in [-0.15, -0.1) is 10.2 Å². The predicted octanol–water partition coefficient (Wildman–Crippen LogP) is 2.13. The molecule has 1 aliphatic rings. The minimum absolute atomic E-state index is 0.00133. The van der Waals surface area contributed by atoms with E-state index < -0.39 is 6.10 Å². The molecule has 0 saturated carbocycles. The van der Waals surface area contributed by atoms with E-state index in [1.54, 1.807) is 17.3 Å². The molecule has 0 unspecified atom stereocenters. The maximum atomic E-state index is 12.1. The average molecular weight is 336 g/mol. The number of nitrogens with one attached hydrogen (secondary N) is 1. The van der Waals surface area contributed by atoms with Gasteiger partial charge >= 0.3 is 0 Å². The standard InChI is InChI=1S/C14H16N4O2S2/c15-7-10-3-6-12(20-10)13(19)17-9-1-4-11(5-2-9)22-14-18-16-8-21-14/h1-2,4-5,8,10,12H,3,6-7,15H2,(H,17,19)/t10-,12+/m1/s1. The summed E-state index contributed by atoms with van der Waals surface area (Å²) < 4.78 is 6.48. The summed E-state index contributed by atoms with van der Waals surface area (Å²) in [6, 6.07) is 7.63. The quantitative estimate of drug-likeness (QED) is 0.869. The highest BCUT2D eigenvalue weighted by atomic mass is 32.2. The molecule has 0 aliphatic carbocycles. The van der Waals surface area contributed by atoms with Gasteiger partial charge in [-0.3, -0.25) is 4.79 Å². The lowest BCUT2D eigenvalue weighted by atomic mass is 10.2. The highest BCUT2D eigenvalue weighted by Crippen LogP contribution is 2.29. The molecule has 1 aromatic heterocycles. The Bertz CT molecular complexity index is 618. The van der Waals surface area contributed by atoms with Gasteiger partial charge in [0.25, 0.3) is 5.91 Å². The minimum Gasteiger partial charge on any atom is -0.364 e. The number of carbonyl (C=O) groups excluding carboxylic acids is 1. The molecule has 8 heteroatoms. The van der Waals surface area contributed by atoms with Crippen LogP contribution in [0.25, 0.3) is 0 Å². The van der Waals surface area contributed by atoms with E-state index in [4.69, 9.17) is 10.5 Å². The third-order valence-electron chi connectivity index (χ3n) is 3.33. The van der Waals surface area contributed by atoms with Crippen LogP contribution in [0.4, 0.5) is 5.69 Å².